The van der Waals surface area contributed by atoms with E-state index in [4.69, 9.17) is 140 Å². The first-order chi connectivity index (χ1) is 59.1. The fourth-order valence-electron chi connectivity index (χ4n) is 17.1. The van der Waals surface area contributed by atoms with Gasteiger partial charge < -0.3 is 193 Å². The molecule has 5 rings (SSSR count). The van der Waals surface area contributed by atoms with Crippen LogP contribution in [0.25, 0.3) is 0 Å². The molecule has 0 bridgehead atoms. The van der Waals surface area contributed by atoms with Crippen molar-refractivity contribution < 1.29 is 283 Å². The minimum Gasteiger partial charge on any atom is -0.376 e. The SMILES string of the molecule is CO[C@@H]1[C@@H](OC)[C@@H](OCCC(C(CCOC2[C@@H](OC)[C@H](OP(=O)(O)O)[C@@H](OC)[C@H](OC)[C@H]2OC)CCO[C@H]2[C@@H](OC)[C@H](OP(=O)(O)O)[C@@H](OP(=O)(O)O)[C@H](OP(=O)(O)O)[C@H]2OC)C(CCOC2[C@@H](OP(=O)(O)O)[C@H](OC)[C@@H](OC)[C@H](OC)[C@H]2OP(=O)(O)O)CCO[C@H]2[C@@H](OP(=O)(O)O)[C@H](OC)[C@@H](OC)[C@H](OP(=O)(O)O)[C@H]2OP(=O)(O)O)[C@@H](OC)[C@H](OP(=O)(O)O)[C@H]1OC. The van der Waals surface area contributed by atoms with Gasteiger partial charge in [0.1, 0.15) is 183 Å². The summed E-state index contributed by atoms with van der Waals surface area (Å²) in [6.45, 7) is -4.42. The van der Waals surface area contributed by atoms with E-state index in [9.17, 15) is 144 Å². The van der Waals surface area contributed by atoms with Crippen molar-refractivity contribution in [1.29, 1.82) is 0 Å². The number of methoxy groups -OCH3 is 15. The van der Waals surface area contributed by atoms with Gasteiger partial charge in [-0.15, -0.1) is 0 Å². The summed E-state index contributed by atoms with van der Waals surface area (Å²) >= 11 is 0. The Kier molecular flexibility index (Phi) is 47.4. The van der Waals surface area contributed by atoms with Crippen molar-refractivity contribution >= 4 is 78.2 Å². The van der Waals surface area contributed by atoms with Gasteiger partial charge in [0, 0.05) is 140 Å². The highest BCUT2D eigenvalue weighted by atomic mass is 31.2. The van der Waals surface area contributed by atoms with Gasteiger partial charge in [0.15, 0.2) is 0 Å². The quantitative estimate of drug-likeness (QED) is 0.0266. The van der Waals surface area contributed by atoms with Gasteiger partial charge in [0.2, 0.25) is 0 Å². The first-order valence-corrected chi connectivity index (χ1v) is 52.8. The van der Waals surface area contributed by atoms with Crippen molar-refractivity contribution in [1.82, 2.24) is 0 Å². The molecule has 128 heavy (non-hydrogen) atoms. The summed E-state index contributed by atoms with van der Waals surface area (Å²) < 4.78 is 299. The molecule has 0 heterocycles. The normalized spacial score (nSPS) is 35.1. The molecule has 0 aliphatic heterocycles. The summed E-state index contributed by atoms with van der Waals surface area (Å²) in [5.41, 5.74) is 0. The molecule has 5 aliphatic rings. The summed E-state index contributed by atoms with van der Waals surface area (Å²) in [6, 6.07) is 0. The van der Waals surface area contributed by atoms with E-state index in [0.29, 0.717) is 0 Å². The lowest BCUT2D eigenvalue weighted by atomic mass is 9.73. The molecule has 5 unspecified atom stereocenters. The van der Waals surface area contributed by atoms with Crippen LogP contribution >= 0.6 is 78.2 Å². The molecule has 5 aliphatic carbocycles. The molecular formula is C58H118O60P10. The van der Waals surface area contributed by atoms with E-state index in [2.05, 4.69) is 0 Å². The van der Waals surface area contributed by atoms with E-state index in [1.54, 1.807) is 0 Å². The molecule has 60 nitrogen and oxygen atoms in total. The third kappa shape index (κ3) is 34.9. The van der Waals surface area contributed by atoms with Crippen LogP contribution in [0, 0.1) is 17.8 Å². The summed E-state index contributed by atoms with van der Waals surface area (Å²) in [4.78, 5) is 208. The summed E-state index contributed by atoms with van der Waals surface area (Å²) in [5, 5.41) is 0. The van der Waals surface area contributed by atoms with Crippen molar-refractivity contribution in [3.8, 4) is 0 Å². The molecule has 5 saturated carbocycles. The van der Waals surface area contributed by atoms with E-state index in [-0.39, 0.29) is 0 Å². The van der Waals surface area contributed by atoms with Crippen molar-refractivity contribution in [2.75, 3.05) is 140 Å². The highest BCUT2D eigenvalue weighted by Crippen LogP contribution is 2.56. The van der Waals surface area contributed by atoms with Crippen LogP contribution in [0.2, 0.25) is 0 Å². The molecule has 0 radical (unpaired) electrons. The predicted octanol–water partition coefficient (Wildman–Crippen LogP) is -3.22. The smallest absolute Gasteiger partial charge is 0.376 e. The van der Waals surface area contributed by atoms with E-state index in [1.165, 1.54) is 0 Å². The Morgan fingerprint density at radius 2 is 0.250 bits per heavy atom. The lowest BCUT2D eigenvalue weighted by Gasteiger charge is -2.49. The maximum absolute atomic E-state index is 13.2. The molecule has 33 atom stereocenters. The van der Waals surface area contributed by atoms with Crippen molar-refractivity contribution in [3.63, 3.8) is 0 Å². The third-order valence-electron chi connectivity index (χ3n) is 21.6. The minimum absolute atomic E-state index is 0.537. The van der Waals surface area contributed by atoms with Gasteiger partial charge in [-0.1, -0.05) is 0 Å². The van der Waals surface area contributed by atoms with Gasteiger partial charge in [0.05, 0.1) is 0 Å². The molecule has 0 aromatic heterocycles. The number of hydrogen-bond acceptors (Lipinski definition) is 40. The van der Waals surface area contributed by atoms with E-state index in [1.807, 2.05) is 0 Å². The first-order valence-electron chi connectivity index (χ1n) is 37.5. The zero-order chi connectivity index (χ0) is 97.3. The molecule has 5 fully saturated rings. The monoisotopic (exact) mass is 2080 g/mol. The van der Waals surface area contributed by atoms with Crippen LogP contribution in [0.4, 0.5) is 0 Å². The fourth-order valence-corrected chi connectivity index (χ4v) is 22.7. The Balaban J connectivity index is 2.01. The van der Waals surface area contributed by atoms with E-state index >= 15 is 0 Å². The second-order valence-electron chi connectivity index (χ2n) is 28.9. The van der Waals surface area contributed by atoms with Gasteiger partial charge >= 0.3 is 78.2 Å². The number of rotatable bonds is 57. The molecule has 0 saturated heterocycles. The van der Waals surface area contributed by atoms with Crippen molar-refractivity contribution in [2.24, 2.45) is 17.8 Å². The standard InChI is InChI=1S/C58H118O60P10/c1-89-29-32(92-4)44(40(100-12)49(34(29)94-6)109-119(59,60)61)104-21-16-26(17-22-105-46-42(102-14)55(115-125(77,78)79)58(118-128(86,87)88)56(43(46)103-15)116-126(80,81)82)28(20-25-108-45-33(93-5)30(90-2)35(95-7)50(41(45)101-13)110-120(62,63)64)27(18-23-106-47-51(111-121(65,66)67)36(96-8)31(91-3)37(97-9)52(47)112-122(68,69)70)19-24-107-48-53(113-123(71,72)73)38(98-10)39(99-11)54(114-124(74,75)76)57(48)117-127(83,84)85/h26-58H,16-25H2,1-15H3,(H2,59,60,61)(H2,62,63,64)(H2,65,66,67)(H2,68,69,70)(H2,71,72,73)(H2,74,75,76)(H2,77,78,79)(H2,80,81,82)(H2,83,84,85)(H2,86,87,88)/t26?,27?,28?,29-,30-,31-,32-,33-,34+,35+,36-,37+,38-,39-,40-,41-,42-,43+,44?,45-,46+,47?,48+,49-,50-,51+,52-,53+,54+,55+,56-,57+,58-/m1/s1. The maximum atomic E-state index is 13.2. The van der Waals surface area contributed by atoms with Gasteiger partial charge in [-0.25, -0.2) is 45.7 Å². The average molecular weight is 2090 g/mol. The lowest BCUT2D eigenvalue weighted by molar-refractivity contribution is -0.255. The van der Waals surface area contributed by atoms with Crippen molar-refractivity contribution in [3.05, 3.63) is 0 Å². The molecule has 0 spiro atoms. The molecule has 20 N–H and O–H groups in total. The van der Waals surface area contributed by atoms with Crippen molar-refractivity contribution in [2.45, 2.75) is 215 Å². The van der Waals surface area contributed by atoms with Crippen LogP contribution in [0.5, 0.6) is 0 Å². The first kappa shape index (κ1) is 119. The minimum atomic E-state index is -6.12. The van der Waals surface area contributed by atoms with Crippen LogP contribution in [0.3, 0.4) is 0 Å². The predicted molar refractivity (Wildman–Crippen MR) is 413 cm³/mol. The second-order valence-corrected chi connectivity index (χ2v) is 40.8. The number of ether oxygens (including phenoxy) is 20. The lowest BCUT2D eigenvalue weighted by Crippen LogP contribution is -2.66. The second kappa shape index (κ2) is 51.1. The van der Waals surface area contributed by atoms with E-state index in [0.717, 1.165) is 107 Å². The Morgan fingerprint density at radius 1 is 0.156 bits per heavy atom. The zero-order valence-electron chi connectivity index (χ0n) is 70.9. The van der Waals surface area contributed by atoms with Crippen LogP contribution in [0.1, 0.15) is 32.1 Å². The highest BCUT2D eigenvalue weighted by molar-refractivity contribution is 7.48. The van der Waals surface area contributed by atoms with Crippen LogP contribution in [-0.2, 0) is 186 Å². The van der Waals surface area contributed by atoms with Gasteiger partial charge in [-0.05, 0) is 49.9 Å². The molecule has 0 amide bonds. The Labute approximate surface area is 731 Å². The number of hydrogen-bond donors (Lipinski definition) is 20. The number of phosphoric ester groups is 10. The number of phosphoric acid groups is 10. The van der Waals surface area contributed by atoms with Crippen LogP contribution in [0.15, 0.2) is 0 Å². The molecule has 0 aromatic rings. The molecule has 760 valence electrons. The van der Waals surface area contributed by atoms with Crippen LogP contribution < -0.4 is 0 Å². The zero-order valence-corrected chi connectivity index (χ0v) is 79.8. The van der Waals surface area contributed by atoms with Gasteiger partial charge in [0.25, 0.3) is 0 Å². The van der Waals surface area contributed by atoms with Gasteiger partial charge in [-0.3, -0.25) is 45.2 Å². The highest BCUT2D eigenvalue weighted by Gasteiger charge is 2.64. The molecule has 0 aromatic carbocycles. The Morgan fingerprint density at radius 3 is 0.398 bits per heavy atom. The fraction of sp³-hybridized carbons (Fsp3) is 1.00. The molecule has 70 heteroatoms. The maximum Gasteiger partial charge on any atom is 0.470 e. The summed E-state index contributed by atoms with van der Waals surface area (Å²) in [7, 11) is -43.9. The largest absolute Gasteiger partial charge is 0.470 e. The van der Waals surface area contributed by atoms with Gasteiger partial charge in [-0.2, -0.15) is 0 Å². The van der Waals surface area contributed by atoms with Crippen LogP contribution in [-0.4, -0.2) is 421 Å². The summed E-state index contributed by atoms with van der Waals surface area (Å²) in [6.07, 6.45) is -62.8. The Bertz CT molecular complexity index is 3750. The molecular weight excluding hydrogens is 1970 g/mol. The topological polar surface area (TPSA) is 852 Å². The Hall–Kier alpha value is 0.300. The van der Waals surface area contributed by atoms with E-state index < -0.39 is 344 Å². The average Bonchev–Trinajstić information content (AvgIpc) is 0.759. The summed E-state index contributed by atoms with van der Waals surface area (Å²) in [5.74, 6) is -4.43. The third-order valence-corrected chi connectivity index (χ3v) is 26.7.